The number of benzene rings is 1. The van der Waals surface area contributed by atoms with E-state index in [4.69, 9.17) is 5.73 Å². The number of fused-ring (bicyclic) bond motifs is 1. The minimum atomic E-state index is -1.20. The molecule has 37 heavy (non-hydrogen) atoms. The van der Waals surface area contributed by atoms with Crippen LogP contribution in [0.15, 0.2) is 30.5 Å². The van der Waals surface area contributed by atoms with E-state index in [0.29, 0.717) is 6.42 Å². The molecule has 1 aromatic carbocycles. The van der Waals surface area contributed by atoms with Crippen LogP contribution in [0.1, 0.15) is 46.1 Å². The molecule has 4 unspecified atom stereocenters. The first-order valence-corrected chi connectivity index (χ1v) is 13.1. The van der Waals surface area contributed by atoms with Crippen LogP contribution in [-0.2, 0) is 25.6 Å². The summed E-state index contributed by atoms with van der Waals surface area (Å²) in [7, 11) is 0. The lowest BCUT2D eigenvalue weighted by Crippen LogP contribution is -2.57. The molecule has 2 aromatic rings. The highest BCUT2D eigenvalue weighted by Gasteiger charge is 2.31. The fraction of sp³-hybridized carbons (Fsp3) is 0.538. The number of H-pyrrole nitrogens is 1. The number of thiol groups is 1. The highest BCUT2D eigenvalue weighted by Crippen LogP contribution is 2.19. The molecule has 204 valence electrons. The van der Waals surface area contributed by atoms with Gasteiger partial charge in [-0.1, -0.05) is 45.9 Å². The molecule has 0 saturated carbocycles. The number of carbonyl (C=O) groups is 4. The average Bonchev–Trinajstić information content (AvgIpc) is 3.24. The number of nitrogens with two attached hydrogens (primary N) is 1. The zero-order valence-corrected chi connectivity index (χ0v) is 22.7. The molecule has 0 radical (unpaired) electrons. The van der Waals surface area contributed by atoms with Gasteiger partial charge in [0.05, 0.1) is 6.04 Å². The number of amides is 3. The van der Waals surface area contributed by atoms with Crippen molar-refractivity contribution in [2.45, 2.75) is 71.1 Å². The lowest BCUT2D eigenvalue weighted by molar-refractivity contribution is -0.142. The Morgan fingerprint density at radius 1 is 0.892 bits per heavy atom. The van der Waals surface area contributed by atoms with Crippen LogP contribution in [0.4, 0.5) is 0 Å². The van der Waals surface area contributed by atoms with Crippen molar-refractivity contribution < 1.29 is 24.3 Å². The van der Waals surface area contributed by atoms with E-state index in [1.807, 2.05) is 52.0 Å². The number of carboxylic acid groups (broad SMARTS) is 1. The van der Waals surface area contributed by atoms with Crippen molar-refractivity contribution in [3.63, 3.8) is 0 Å². The topological polar surface area (TPSA) is 166 Å². The Morgan fingerprint density at radius 3 is 1.92 bits per heavy atom. The van der Waals surface area contributed by atoms with Gasteiger partial charge in [0, 0.05) is 29.3 Å². The van der Waals surface area contributed by atoms with Crippen molar-refractivity contribution >= 4 is 47.2 Å². The number of rotatable bonds is 14. The minimum absolute atomic E-state index is 0.0312. The fourth-order valence-corrected chi connectivity index (χ4v) is 4.20. The zero-order valence-electron chi connectivity index (χ0n) is 21.8. The molecule has 1 aromatic heterocycles. The Bertz CT molecular complexity index is 1090. The number of hydrogen-bond donors (Lipinski definition) is 7. The third-order valence-electron chi connectivity index (χ3n) is 5.93. The summed E-state index contributed by atoms with van der Waals surface area (Å²) in [5.41, 5.74) is 7.37. The maximum atomic E-state index is 13.2. The van der Waals surface area contributed by atoms with E-state index < -0.39 is 47.9 Å². The van der Waals surface area contributed by atoms with Crippen LogP contribution in [0.2, 0.25) is 0 Å². The molecule has 2 rings (SSSR count). The smallest absolute Gasteiger partial charge is 0.326 e. The lowest BCUT2D eigenvalue weighted by atomic mass is 9.99. The summed E-state index contributed by atoms with van der Waals surface area (Å²) >= 11 is 4.03. The van der Waals surface area contributed by atoms with Gasteiger partial charge in [0.25, 0.3) is 0 Å². The molecule has 0 spiro atoms. The molecule has 11 heteroatoms. The SMILES string of the molecule is CC(C)CC(NC(=O)C(N)CS)C(=O)NC(CC(C)C)C(=O)NC(Cc1c[nH]c2ccccc12)C(=O)O. The highest BCUT2D eigenvalue weighted by atomic mass is 32.1. The molecule has 1 heterocycles. The molecule has 0 fully saturated rings. The van der Waals surface area contributed by atoms with Crippen molar-refractivity contribution in [3.8, 4) is 0 Å². The molecule has 7 N–H and O–H groups in total. The summed E-state index contributed by atoms with van der Waals surface area (Å²) in [5, 5.41) is 18.7. The third-order valence-corrected chi connectivity index (χ3v) is 6.32. The maximum Gasteiger partial charge on any atom is 0.326 e. The quantitative estimate of drug-likeness (QED) is 0.182. The molecule has 0 saturated heterocycles. The summed E-state index contributed by atoms with van der Waals surface area (Å²) < 4.78 is 0. The summed E-state index contributed by atoms with van der Waals surface area (Å²) in [6.45, 7) is 7.61. The number of carboxylic acids is 1. The van der Waals surface area contributed by atoms with Gasteiger partial charge >= 0.3 is 5.97 Å². The number of hydrogen-bond acceptors (Lipinski definition) is 6. The van der Waals surface area contributed by atoms with Crippen LogP contribution in [0, 0.1) is 11.8 Å². The second-order valence-electron chi connectivity index (χ2n) is 10.1. The van der Waals surface area contributed by atoms with Gasteiger partial charge in [-0.2, -0.15) is 12.6 Å². The molecule has 0 aliphatic carbocycles. The van der Waals surface area contributed by atoms with Gasteiger partial charge in [0.15, 0.2) is 0 Å². The summed E-state index contributed by atoms with van der Waals surface area (Å²) in [5.74, 6) is -2.59. The van der Waals surface area contributed by atoms with E-state index >= 15 is 0 Å². The van der Waals surface area contributed by atoms with Crippen LogP contribution in [-0.4, -0.2) is 63.7 Å². The van der Waals surface area contributed by atoms with Crippen molar-refractivity contribution in [2.24, 2.45) is 17.6 Å². The number of nitrogens with one attached hydrogen (secondary N) is 4. The van der Waals surface area contributed by atoms with Gasteiger partial charge in [-0.25, -0.2) is 4.79 Å². The molecule has 10 nitrogen and oxygen atoms in total. The number of aromatic amines is 1. The van der Waals surface area contributed by atoms with E-state index in [9.17, 15) is 24.3 Å². The van der Waals surface area contributed by atoms with Crippen LogP contribution < -0.4 is 21.7 Å². The lowest BCUT2D eigenvalue weighted by Gasteiger charge is -2.26. The standard InChI is InChI=1S/C26H39N5O5S/c1-14(2)9-20(29-23(32)18(27)13-37)24(33)30-21(10-15(3)4)25(34)31-22(26(35)36)11-16-12-28-19-8-6-5-7-17(16)19/h5-8,12,14-15,18,20-22,28,37H,9-11,13,27H2,1-4H3,(H,29,32)(H,30,33)(H,31,34)(H,35,36). The van der Waals surface area contributed by atoms with Gasteiger partial charge in [0.1, 0.15) is 18.1 Å². The summed E-state index contributed by atoms with van der Waals surface area (Å²) in [6, 6.07) is 3.55. The van der Waals surface area contributed by atoms with E-state index in [2.05, 4.69) is 33.6 Å². The fourth-order valence-electron chi connectivity index (χ4n) is 4.03. The Hall–Kier alpha value is -3.05. The molecule has 0 aliphatic rings. The van der Waals surface area contributed by atoms with E-state index in [0.717, 1.165) is 16.5 Å². The summed E-state index contributed by atoms with van der Waals surface area (Å²) in [6.07, 6.45) is 2.43. The molecule has 0 aliphatic heterocycles. The van der Waals surface area contributed by atoms with Gasteiger partial charge in [-0.3, -0.25) is 14.4 Å². The Balaban J connectivity index is 2.18. The van der Waals surface area contributed by atoms with E-state index in [1.165, 1.54) is 0 Å². The van der Waals surface area contributed by atoms with Crippen LogP contribution in [0.3, 0.4) is 0 Å². The Kier molecular flexibility index (Phi) is 11.4. The summed E-state index contributed by atoms with van der Waals surface area (Å²) in [4.78, 5) is 53.8. The Labute approximate surface area is 222 Å². The van der Waals surface area contributed by atoms with Gasteiger partial charge in [-0.05, 0) is 36.3 Å². The van der Waals surface area contributed by atoms with Crippen LogP contribution in [0.25, 0.3) is 10.9 Å². The molecule has 3 amide bonds. The molecule has 0 bridgehead atoms. The first kappa shape index (κ1) is 30.2. The van der Waals surface area contributed by atoms with Crippen molar-refractivity contribution in [3.05, 3.63) is 36.0 Å². The van der Waals surface area contributed by atoms with Crippen LogP contribution >= 0.6 is 12.6 Å². The number of aromatic nitrogens is 1. The largest absolute Gasteiger partial charge is 0.480 e. The molecular weight excluding hydrogens is 494 g/mol. The molecule has 4 atom stereocenters. The van der Waals surface area contributed by atoms with Crippen molar-refractivity contribution in [1.82, 2.24) is 20.9 Å². The zero-order chi connectivity index (χ0) is 27.7. The van der Waals surface area contributed by atoms with E-state index in [1.54, 1.807) is 6.20 Å². The predicted octanol–water partition coefficient (Wildman–Crippen LogP) is 1.60. The first-order chi connectivity index (χ1) is 17.4. The second-order valence-corrected chi connectivity index (χ2v) is 10.5. The van der Waals surface area contributed by atoms with Crippen molar-refractivity contribution in [2.75, 3.05) is 5.75 Å². The number of carbonyl (C=O) groups excluding carboxylic acids is 3. The predicted molar refractivity (Wildman–Crippen MR) is 146 cm³/mol. The Morgan fingerprint density at radius 2 is 1.41 bits per heavy atom. The normalized spacial score (nSPS) is 14.7. The minimum Gasteiger partial charge on any atom is -0.480 e. The van der Waals surface area contributed by atoms with Crippen LogP contribution in [0.5, 0.6) is 0 Å². The van der Waals surface area contributed by atoms with E-state index in [-0.39, 0.29) is 30.4 Å². The van der Waals surface area contributed by atoms with Crippen molar-refractivity contribution in [1.29, 1.82) is 0 Å². The molecular formula is C26H39N5O5S. The maximum absolute atomic E-state index is 13.2. The number of aliphatic carboxylic acids is 1. The van der Waals surface area contributed by atoms with Gasteiger partial charge < -0.3 is 31.8 Å². The second kappa shape index (κ2) is 14.0. The highest BCUT2D eigenvalue weighted by molar-refractivity contribution is 7.80. The third kappa shape index (κ3) is 9.08. The first-order valence-electron chi connectivity index (χ1n) is 12.5. The number of para-hydroxylation sites is 1. The monoisotopic (exact) mass is 533 g/mol. The van der Waals surface area contributed by atoms with Gasteiger partial charge in [-0.15, -0.1) is 0 Å². The average molecular weight is 534 g/mol. The van der Waals surface area contributed by atoms with Gasteiger partial charge in [0.2, 0.25) is 17.7 Å².